The Bertz CT molecular complexity index is 1840. The van der Waals surface area contributed by atoms with Gasteiger partial charge in [0.1, 0.15) is 18.3 Å². The summed E-state index contributed by atoms with van der Waals surface area (Å²) >= 11 is 16.7. The number of carbonyl (C=O) groups excluding carboxylic acids is 2. The van der Waals surface area contributed by atoms with Crippen LogP contribution in [0, 0.1) is 0 Å². The molecule has 0 radical (unpaired) electrons. The fourth-order valence-electron chi connectivity index (χ4n) is 6.09. The molecule has 0 spiro atoms. The molecular weight excluding hydrogens is 761 g/mol. The van der Waals surface area contributed by atoms with Gasteiger partial charge in [0.05, 0.1) is 17.2 Å². The van der Waals surface area contributed by atoms with Crippen molar-refractivity contribution in [2.75, 3.05) is 17.5 Å². The SMILES string of the molecule is CCOc1ccc(N(CC(=O)N(Cc2c(Cl)cccc2Cl)C(Cc2ccccc2)C(=O)NC2CCCCC2)S(=O)(=O)c2ccc(Br)cc2)cc1. The molecule has 4 aromatic rings. The van der Waals surface area contributed by atoms with Gasteiger partial charge in [0, 0.05) is 39.1 Å². The van der Waals surface area contributed by atoms with Crippen molar-refractivity contribution in [2.24, 2.45) is 0 Å². The minimum Gasteiger partial charge on any atom is -0.494 e. The highest BCUT2D eigenvalue weighted by molar-refractivity contribution is 9.10. The maximum Gasteiger partial charge on any atom is 0.264 e. The van der Waals surface area contributed by atoms with E-state index in [1.165, 1.54) is 17.0 Å². The molecule has 0 heterocycles. The number of rotatable bonds is 14. The Morgan fingerprint density at radius 3 is 2.14 bits per heavy atom. The monoisotopic (exact) mass is 799 g/mol. The van der Waals surface area contributed by atoms with Crippen molar-refractivity contribution in [1.29, 1.82) is 0 Å². The van der Waals surface area contributed by atoms with Gasteiger partial charge in [-0.15, -0.1) is 0 Å². The molecule has 1 N–H and O–H groups in total. The molecule has 1 saturated carbocycles. The van der Waals surface area contributed by atoms with E-state index < -0.39 is 28.5 Å². The van der Waals surface area contributed by atoms with Gasteiger partial charge < -0.3 is 15.0 Å². The average Bonchev–Trinajstić information content (AvgIpc) is 3.11. The van der Waals surface area contributed by atoms with Crippen LogP contribution in [0.3, 0.4) is 0 Å². The van der Waals surface area contributed by atoms with Gasteiger partial charge in [-0.25, -0.2) is 8.42 Å². The number of ether oxygens (including phenoxy) is 1. The van der Waals surface area contributed by atoms with Crippen molar-refractivity contribution in [3.8, 4) is 5.75 Å². The molecule has 1 aliphatic carbocycles. The van der Waals surface area contributed by atoms with Crippen molar-refractivity contribution in [3.63, 3.8) is 0 Å². The summed E-state index contributed by atoms with van der Waals surface area (Å²) in [5.41, 5.74) is 1.55. The molecule has 8 nitrogen and oxygen atoms in total. The second-order valence-corrected chi connectivity index (χ2v) is 15.8. The van der Waals surface area contributed by atoms with Gasteiger partial charge in [-0.1, -0.05) is 94.8 Å². The van der Waals surface area contributed by atoms with Gasteiger partial charge in [-0.3, -0.25) is 13.9 Å². The van der Waals surface area contributed by atoms with Crippen LogP contribution in [0.1, 0.15) is 50.2 Å². The Labute approximate surface area is 312 Å². The molecule has 1 unspecified atom stereocenters. The predicted octanol–water partition coefficient (Wildman–Crippen LogP) is 8.44. The number of nitrogens with zero attached hydrogens (tertiary/aromatic N) is 2. The number of nitrogens with one attached hydrogen (secondary N) is 1. The molecular formula is C38H40BrCl2N3O5S. The molecule has 0 aromatic heterocycles. The van der Waals surface area contributed by atoms with E-state index in [1.54, 1.807) is 54.6 Å². The van der Waals surface area contributed by atoms with Crippen LogP contribution < -0.4 is 14.4 Å². The first kappa shape index (κ1) is 37.7. The van der Waals surface area contributed by atoms with Gasteiger partial charge in [-0.05, 0) is 86.0 Å². The lowest BCUT2D eigenvalue weighted by molar-refractivity contribution is -0.140. The van der Waals surface area contributed by atoms with Gasteiger partial charge >= 0.3 is 0 Å². The van der Waals surface area contributed by atoms with E-state index in [4.69, 9.17) is 27.9 Å². The van der Waals surface area contributed by atoms with E-state index in [-0.39, 0.29) is 35.5 Å². The van der Waals surface area contributed by atoms with Crippen LogP contribution in [0.25, 0.3) is 0 Å². The zero-order valence-electron chi connectivity index (χ0n) is 27.7. The van der Waals surface area contributed by atoms with Crippen LogP contribution in [-0.2, 0) is 32.6 Å². The van der Waals surface area contributed by atoms with Crippen LogP contribution in [0.2, 0.25) is 10.0 Å². The van der Waals surface area contributed by atoms with Crippen molar-refractivity contribution >= 4 is 66.7 Å². The van der Waals surface area contributed by atoms with Crippen molar-refractivity contribution < 1.29 is 22.7 Å². The number of hydrogen-bond donors (Lipinski definition) is 1. The Morgan fingerprint density at radius 1 is 0.880 bits per heavy atom. The van der Waals surface area contributed by atoms with E-state index >= 15 is 0 Å². The second kappa shape index (κ2) is 17.6. The molecule has 0 saturated heterocycles. The molecule has 0 bridgehead atoms. The van der Waals surface area contributed by atoms with Crippen LogP contribution in [0.5, 0.6) is 5.75 Å². The molecule has 1 fully saturated rings. The first-order valence-electron chi connectivity index (χ1n) is 16.6. The Kier molecular flexibility index (Phi) is 13.2. The first-order chi connectivity index (χ1) is 24.1. The average molecular weight is 802 g/mol. The minimum absolute atomic E-state index is 0.000963. The standard InChI is InChI=1S/C38H40BrCl2N3O5S/c1-2-49-31-20-18-30(19-21-31)44(50(47,48)32-22-16-28(39)17-23-32)26-37(45)43(25-33-34(40)14-9-15-35(33)41)36(24-27-10-5-3-6-11-27)38(46)42-29-12-7-4-8-13-29/h3,5-6,9-11,14-23,29,36H,2,4,7-8,12-13,24-26H2,1H3,(H,42,46). The number of carbonyl (C=O) groups is 2. The molecule has 4 aromatic carbocycles. The Morgan fingerprint density at radius 2 is 1.52 bits per heavy atom. The second-order valence-electron chi connectivity index (χ2n) is 12.2. The summed E-state index contributed by atoms with van der Waals surface area (Å²) in [5, 5.41) is 3.86. The Hall–Kier alpha value is -3.57. The summed E-state index contributed by atoms with van der Waals surface area (Å²) in [5.74, 6) is -0.364. The minimum atomic E-state index is -4.27. The summed E-state index contributed by atoms with van der Waals surface area (Å²) in [4.78, 5) is 30.5. The van der Waals surface area contributed by atoms with E-state index in [2.05, 4.69) is 21.2 Å². The maximum absolute atomic E-state index is 14.8. The molecule has 1 aliphatic rings. The van der Waals surface area contributed by atoms with Crippen LogP contribution in [-0.4, -0.2) is 50.4 Å². The fourth-order valence-corrected chi connectivity index (χ4v) is 8.29. The third kappa shape index (κ3) is 9.60. The quantitative estimate of drug-likeness (QED) is 0.138. The van der Waals surface area contributed by atoms with Crippen molar-refractivity contribution in [1.82, 2.24) is 10.2 Å². The lowest BCUT2D eigenvalue weighted by Crippen LogP contribution is -2.55. The first-order valence-corrected chi connectivity index (χ1v) is 19.6. The van der Waals surface area contributed by atoms with Gasteiger partial charge in [0.25, 0.3) is 10.0 Å². The van der Waals surface area contributed by atoms with E-state index in [1.807, 2.05) is 37.3 Å². The van der Waals surface area contributed by atoms with Gasteiger partial charge in [-0.2, -0.15) is 0 Å². The molecule has 12 heteroatoms. The number of halogens is 3. The summed E-state index contributed by atoms with van der Waals surface area (Å²) in [6.45, 7) is 1.57. The zero-order valence-corrected chi connectivity index (χ0v) is 31.6. The number of anilines is 1. The van der Waals surface area contributed by atoms with Gasteiger partial charge in [0.15, 0.2) is 0 Å². The van der Waals surface area contributed by atoms with E-state index in [0.29, 0.717) is 32.4 Å². The highest BCUT2D eigenvalue weighted by Gasteiger charge is 2.36. The number of hydrogen-bond acceptors (Lipinski definition) is 5. The van der Waals surface area contributed by atoms with Gasteiger partial charge in [0.2, 0.25) is 11.8 Å². The summed E-state index contributed by atoms with van der Waals surface area (Å²) < 4.78 is 36.0. The third-order valence-electron chi connectivity index (χ3n) is 8.73. The molecule has 50 heavy (non-hydrogen) atoms. The lowest BCUT2D eigenvalue weighted by atomic mass is 9.94. The molecule has 0 aliphatic heterocycles. The molecule has 1 atom stereocenters. The normalized spacial score (nSPS) is 14.1. The summed E-state index contributed by atoms with van der Waals surface area (Å²) in [6, 6.07) is 26.2. The zero-order chi connectivity index (χ0) is 35.7. The Balaban J connectivity index is 1.59. The maximum atomic E-state index is 14.8. The highest BCUT2D eigenvalue weighted by atomic mass is 79.9. The topological polar surface area (TPSA) is 96.0 Å². The fraction of sp³-hybridized carbons (Fsp3) is 0.316. The number of benzene rings is 4. The molecule has 2 amide bonds. The van der Waals surface area contributed by atoms with Crippen LogP contribution in [0.4, 0.5) is 5.69 Å². The largest absolute Gasteiger partial charge is 0.494 e. The number of amides is 2. The van der Waals surface area contributed by atoms with Crippen molar-refractivity contribution in [2.45, 2.75) is 69.0 Å². The van der Waals surface area contributed by atoms with Crippen LogP contribution in [0.15, 0.2) is 106 Å². The highest BCUT2D eigenvalue weighted by Crippen LogP contribution is 2.30. The smallest absolute Gasteiger partial charge is 0.264 e. The molecule has 5 rings (SSSR count). The van der Waals surface area contributed by atoms with Crippen LogP contribution >= 0.6 is 39.1 Å². The lowest BCUT2D eigenvalue weighted by Gasteiger charge is -2.35. The summed E-state index contributed by atoms with van der Waals surface area (Å²) in [6.07, 6.45) is 5.03. The van der Waals surface area contributed by atoms with Crippen molar-refractivity contribution in [3.05, 3.63) is 123 Å². The van der Waals surface area contributed by atoms with E-state index in [0.717, 1.165) is 42.0 Å². The molecule has 264 valence electrons. The number of sulfonamides is 1. The predicted molar refractivity (Wildman–Crippen MR) is 202 cm³/mol. The third-order valence-corrected chi connectivity index (χ3v) is 11.8. The summed E-state index contributed by atoms with van der Waals surface area (Å²) in [7, 11) is -4.27. The van der Waals surface area contributed by atoms with E-state index in [9.17, 15) is 18.0 Å².